The van der Waals surface area contributed by atoms with Crippen LogP contribution >= 0.6 is 0 Å². The predicted octanol–water partition coefficient (Wildman–Crippen LogP) is 4.07. The first kappa shape index (κ1) is 20.3. The second kappa shape index (κ2) is 8.12. The third-order valence-corrected chi connectivity index (χ3v) is 5.32. The summed E-state index contributed by atoms with van der Waals surface area (Å²) < 4.78 is 48.8. The Morgan fingerprint density at radius 3 is 2.72 bits per heavy atom. The Labute approximate surface area is 181 Å². The molecule has 2 aromatic heterocycles. The Morgan fingerprint density at radius 2 is 1.94 bits per heavy atom. The van der Waals surface area contributed by atoms with Gasteiger partial charge in [0.1, 0.15) is 29.0 Å². The maximum Gasteiger partial charge on any atom is 0.225 e. The third kappa shape index (κ3) is 3.73. The zero-order valence-corrected chi connectivity index (χ0v) is 16.9. The molecule has 0 saturated carbocycles. The number of fused-ring (bicyclic) bond motifs is 1. The molecule has 32 heavy (non-hydrogen) atoms. The van der Waals surface area contributed by atoms with Crippen molar-refractivity contribution in [1.29, 1.82) is 0 Å². The van der Waals surface area contributed by atoms with Crippen molar-refractivity contribution in [1.82, 2.24) is 19.7 Å². The molecule has 1 aliphatic rings. The van der Waals surface area contributed by atoms with Gasteiger partial charge in [-0.3, -0.25) is 0 Å². The van der Waals surface area contributed by atoms with Gasteiger partial charge in [0.25, 0.3) is 0 Å². The number of nitrogen functional groups attached to an aromatic ring is 1. The number of rotatable bonds is 5. The van der Waals surface area contributed by atoms with E-state index < -0.39 is 17.5 Å². The van der Waals surface area contributed by atoms with E-state index in [9.17, 15) is 13.2 Å². The van der Waals surface area contributed by atoms with Crippen molar-refractivity contribution in [2.45, 2.75) is 18.9 Å². The van der Waals surface area contributed by atoms with Crippen LogP contribution < -0.4 is 11.1 Å². The van der Waals surface area contributed by atoms with E-state index >= 15 is 0 Å². The monoisotopic (exact) mass is 440 g/mol. The second-order valence-corrected chi connectivity index (χ2v) is 7.51. The van der Waals surface area contributed by atoms with Crippen molar-refractivity contribution in [2.24, 2.45) is 0 Å². The number of ether oxygens (including phenoxy) is 1. The van der Waals surface area contributed by atoms with Gasteiger partial charge >= 0.3 is 0 Å². The number of benzene rings is 2. The van der Waals surface area contributed by atoms with Gasteiger partial charge in [-0.15, -0.1) is 5.10 Å². The minimum absolute atomic E-state index is 0.00874. The lowest BCUT2D eigenvalue weighted by atomic mass is 10.1. The van der Waals surface area contributed by atoms with Gasteiger partial charge in [-0.1, -0.05) is 12.1 Å². The molecular formula is C22H19F3N6O. The molecule has 4 aromatic rings. The van der Waals surface area contributed by atoms with E-state index in [0.717, 1.165) is 35.7 Å². The zero-order valence-electron chi connectivity index (χ0n) is 16.9. The van der Waals surface area contributed by atoms with Gasteiger partial charge in [0.05, 0.1) is 17.2 Å². The Kier molecular flexibility index (Phi) is 5.14. The molecule has 3 N–H and O–H groups in total. The highest BCUT2D eigenvalue weighted by molar-refractivity contribution is 5.99. The van der Waals surface area contributed by atoms with Crippen molar-refractivity contribution in [3.05, 3.63) is 59.9 Å². The first-order valence-corrected chi connectivity index (χ1v) is 10.1. The molecule has 164 valence electrons. The molecule has 0 aliphatic carbocycles. The molecule has 1 atom stereocenters. The number of hydrogen-bond donors (Lipinski definition) is 2. The Hall–Kier alpha value is -3.66. The smallest absolute Gasteiger partial charge is 0.225 e. The average Bonchev–Trinajstić information content (AvgIpc) is 3.41. The fraction of sp³-hybridized carbons (Fsp3) is 0.227. The number of aromatic nitrogens is 4. The molecule has 0 bridgehead atoms. The van der Waals surface area contributed by atoms with Gasteiger partial charge in [-0.2, -0.15) is 4.98 Å². The molecule has 7 nitrogen and oxygen atoms in total. The van der Waals surface area contributed by atoms with Crippen molar-refractivity contribution < 1.29 is 17.9 Å². The Balaban J connectivity index is 1.67. The average molecular weight is 440 g/mol. The van der Waals surface area contributed by atoms with Crippen molar-refractivity contribution in [2.75, 3.05) is 24.2 Å². The molecule has 0 amide bonds. The summed E-state index contributed by atoms with van der Waals surface area (Å²) in [5.41, 5.74) is 7.05. The normalized spacial score (nSPS) is 16.0. The van der Waals surface area contributed by atoms with Crippen LogP contribution in [0.15, 0.2) is 42.5 Å². The quantitative estimate of drug-likeness (QED) is 0.486. The van der Waals surface area contributed by atoms with Crippen LogP contribution in [0.5, 0.6) is 0 Å². The summed E-state index contributed by atoms with van der Waals surface area (Å²) in [6, 6.07) is 8.83. The maximum absolute atomic E-state index is 14.4. The first-order chi connectivity index (χ1) is 15.5. The summed E-state index contributed by atoms with van der Waals surface area (Å²) >= 11 is 0. The Bertz CT molecular complexity index is 1300. The fourth-order valence-electron chi connectivity index (χ4n) is 3.78. The van der Waals surface area contributed by atoms with Crippen LogP contribution in [0.2, 0.25) is 0 Å². The molecular weight excluding hydrogens is 421 g/mol. The van der Waals surface area contributed by atoms with Crippen LogP contribution in [0, 0.1) is 17.5 Å². The summed E-state index contributed by atoms with van der Waals surface area (Å²) in [6.07, 6.45) is 1.95. The number of anilines is 2. The molecule has 1 saturated heterocycles. The number of nitrogens with one attached hydrogen (secondary N) is 1. The van der Waals surface area contributed by atoms with Crippen molar-refractivity contribution in [3.8, 4) is 16.9 Å². The van der Waals surface area contributed by atoms with Crippen LogP contribution in [0.25, 0.3) is 28.0 Å². The van der Waals surface area contributed by atoms with E-state index in [0.29, 0.717) is 29.8 Å². The van der Waals surface area contributed by atoms with E-state index in [-0.39, 0.29) is 29.2 Å². The number of nitrogens with two attached hydrogens (primary N) is 1. The predicted molar refractivity (Wildman–Crippen MR) is 114 cm³/mol. The van der Waals surface area contributed by atoms with E-state index in [1.807, 2.05) is 0 Å². The second-order valence-electron chi connectivity index (χ2n) is 7.51. The number of halogens is 3. The summed E-state index contributed by atoms with van der Waals surface area (Å²) in [5.74, 6) is -1.55. The molecule has 1 fully saturated rings. The lowest BCUT2D eigenvalue weighted by molar-refractivity contribution is 0.120. The van der Waals surface area contributed by atoms with Crippen molar-refractivity contribution >= 4 is 22.8 Å². The van der Waals surface area contributed by atoms with Gasteiger partial charge in [-0.05, 0) is 37.1 Å². The van der Waals surface area contributed by atoms with Gasteiger partial charge in [0.2, 0.25) is 5.95 Å². The maximum atomic E-state index is 14.4. The molecule has 10 heteroatoms. The van der Waals surface area contributed by atoms with E-state index in [2.05, 4.69) is 20.4 Å². The lowest BCUT2D eigenvalue weighted by Crippen LogP contribution is -2.19. The van der Waals surface area contributed by atoms with Crippen molar-refractivity contribution in [3.63, 3.8) is 0 Å². The van der Waals surface area contributed by atoms with Gasteiger partial charge in [0.15, 0.2) is 5.65 Å². The van der Waals surface area contributed by atoms with Crippen LogP contribution in [-0.4, -0.2) is 39.0 Å². The molecule has 5 rings (SSSR count). The minimum atomic E-state index is -0.706. The standard InChI is InChI=1S/C22H19F3N6O/c23-13-4-1-3-12(9-13)19-18-20(26)31(17-10-14(24)6-7-16(17)25)30-21(18)29-22(28-19)27-11-15-5-2-8-32-15/h1,3-4,6-7,9-10,15H,2,5,8,11,26H2,(H,27,29,30)/t15-/m1/s1. The zero-order chi connectivity index (χ0) is 22.2. The first-order valence-electron chi connectivity index (χ1n) is 10.1. The molecule has 0 unspecified atom stereocenters. The molecule has 0 spiro atoms. The van der Waals surface area contributed by atoms with Gasteiger partial charge < -0.3 is 15.8 Å². The summed E-state index contributed by atoms with van der Waals surface area (Å²) in [7, 11) is 0. The summed E-state index contributed by atoms with van der Waals surface area (Å²) in [5, 5.41) is 7.74. The highest BCUT2D eigenvalue weighted by Gasteiger charge is 2.22. The van der Waals surface area contributed by atoms with E-state index in [1.165, 1.54) is 12.1 Å². The number of nitrogens with zero attached hydrogens (tertiary/aromatic N) is 4. The number of hydrogen-bond acceptors (Lipinski definition) is 6. The Morgan fingerprint density at radius 1 is 1.09 bits per heavy atom. The lowest BCUT2D eigenvalue weighted by Gasteiger charge is -2.12. The topological polar surface area (TPSA) is 90.9 Å². The van der Waals surface area contributed by atoms with Crippen LogP contribution in [0.3, 0.4) is 0 Å². The highest BCUT2D eigenvalue weighted by atomic mass is 19.1. The summed E-state index contributed by atoms with van der Waals surface area (Å²) in [4.78, 5) is 8.94. The minimum Gasteiger partial charge on any atom is -0.383 e. The molecule has 2 aromatic carbocycles. The fourth-order valence-corrected chi connectivity index (χ4v) is 3.78. The van der Waals surface area contributed by atoms with Crippen LogP contribution in [0.4, 0.5) is 24.9 Å². The van der Waals surface area contributed by atoms with E-state index in [4.69, 9.17) is 10.5 Å². The summed E-state index contributed by atoms with van der Waals surface area (Å²) in [6.45, 7) is 1.20. The van der Waals surface area contributed by atoms with Crippen LogP contribution in [0.1, 0.15) is 12.8 Å². The van der Waals surface area contributed by atoms with Crippen LogP contribution in [-0.2, 0) is 4.74 Å². The van der Waals surface area contributed by atoms with E-state index in [1.54, 1.807) is 12.1 Å². The highest BCUT2D eigenvalue weighted by Crippen LogP contribution is 2.33. The largest absolute Gasteiger partial charge is 0.383 e. The molecule has 0 radical (unpaired) electrons. The molecule has 1 aliphatic heterocycles. The third-order valence-electron chi connectivity index (χ3n) is 5.32. The van der Waals surface area contributed by atoms with Gasteiger partial charge in [-0.25, -0.2) is 22.8 Å². The SMILES string of the molecule is Nc1c2c(-c3cccc(F)c3)nc(NC[C@H]3CCCO3)nc2nn1-c1cc(F)ccc1F. The molecule has 3 heterocycles. The van der Waals surface area contributed by atoms with Gasteiger partial charge in [0, 0.05) is 24.8 Å².